The molecule has 0 heterocycles. The fourth-order valence-corrected chi connectivity index (χ4v) is 1.97. The molecule has 1 rings (SSSR count). The number of aromatic hydroxyl groups is 1. The third-order valence-electron chi connectivity index (χ3n) is 3.16. The number of ether oxygens (including phenoxy) is 1. The van der Waals surface area contributed by atoms with Crippen LogP contribution in [0.3, 0.4) is 0 Å². The maximum absolute atomic E-state index is 9.55. The fraction of sp³-hybridized carbons (Fsp3) is 0.571. The van der Waals surface area contributed by atoms with Crippen molar-refractivity contribution >= 4 is 0 Å². The molecule has 3 N–H and O–H groups in total. The summed E-state index contributed by atoms with van der Waals surface area (Å²) in [5.41, 5.74) is 1.06. The van der Waals surface area contributed by atoms with Gasteiger partial charge in [0.25, 0.3) is 0 Å². The molecule has 0 radical (unpaired) electrons. The number of benzene rings is 1. The molecule has 4 nitrogen and oxygen atoms in total. The molecule has 0 aliphatic rings. The molecule has 2 unspecified atom stereocenters. The van der Waals surface area contributed by atoms with Crippen molar-refractivity contribution in [1.29, 1.82) is 0 Å². The van der Waals surface area contributed by atoms with Crippen LogP contribution in [-0.2, 0) is 0 Å². The zero-order valence-electron chi connectivity index (χ0n) is 11.3. The molecule has 102 valence electrons. The van der Waals surface area contributed by atoms with Gasteiger partial charge in [-0.3, -0.25) is 0 Å². The first-order valence-electron chi connectivity index (χ1n) is 6.36. The van der Waals surface area contributed by atoms with Crippen LogP contribution in [0.4, 0.5) is 0 Å². The molecular weight excluding hydrogens is 230 g/mol. The number of aliphatic hydroxyl groups is 1. The van der Waals surface area contributed by atoms with Crippen LogP contribution in [0.15, 0.2) is 18.2 Å². The van der Waals surface area contributed by atoms with Crippen LogP contribution in [0.25, 0.3) is 0 Å². The predicted molar refractivity (Wildman–Crippen MR) is 72.0 cm³/mol. The Kier molecular flexibility index (Phi) is 5.95. The van der Waals surface area contributed by atoms with Crippen molar-refractivity contribution in [3.05, 3.63) is 23.8 Å². The van der Waals surface area contributed by atoms with Crippen LogP contribution in [0, 0.1) is 0 Å². The number of methoxy groups -OCH3 is 1. The van der Waals surface area contributed by atoms with Gasteiger partial charge in [0.15, 0.2) is 11.5 Å². The van der Waals surface area contributed by atoms with Gasteiger partial charge in [-0.25, -0.2) is 0 Å². The van der Waals surface area contributed by atoms with Crippen LogP contribution >= 0.6 is 0 Å². The first-order valence-corrected chi connectivity index (χ1v) is 6.36. The van der Waals surface area contributed by atoms with Gasteiger partial charge in [-0.05, 0) is 37.5 Å². The van der Waals surface area contributed by atoms with Crippen LogP contribution in [-0.4, -0.2) is 30.0 Å². The average Bonchev–Trinajstić information content (AvgIpc) is 2.38. The van der Waals surface area contributed by atoms with Gasteiger partial charge < -0.3 is 20.3 Å². The Labute approximate surface area is 109 Å². The minimum Gasteiger partial charge on any atom is -0.504 e. The molecule has 0 amide bonds. The molecule has 1 aromatic rings. The second-order valence-electron chi connectivity index (χ2n) is 4.44. The van der Waals surface area contributed by atoms with Gasteiger partial charge in [0.05, 0.1) is 7.11 Å². The molecule has 0 aromatic heterocycles. The van der Waals surface area contributed by atoms with Crippen LogP contribution in [0.1, 0.15) is 38.3 Å². The Hall–Kier alpha value is -1.26. The molecule has 0 saturated carbocycles. The first kappa shape index (κ1) is 14.8. The van der Waals surface area contributed by atoms with Crippen molar-refractivity contribution in [2.24, 2.45) is 0 Å². The zero-order valence-corrected chi connectivity index (χ0v) is 11.3. The van der Waals surface area contributed by atoms with Crippen molar-refractivity contribution in [2.45, 2.75) is 38.8 Å². The standard InChI is InChI=1S/C14H23NO3/c1-4-12(7-8-16)15-10(2)11-5-6-13(17)14(9-11)18-3/h5-6,9-10,12,15-17H,4,7-8H2,1-3H3. The van der Waals surface area contributed by atoms with Crippen LogP contribution < -0.4 is 10.1 Å². The maximum Gasteiger partial charge on any atom is 0.160 e. The van der Waals surface area contributed by atoms with Gasteiger partial charge >= 0.3 is 0 Å². The Balaban J connectivity index is 2.74. The number of hydrogen-bond acceptors (Lipinski definition) is 4. The lowest BCUT2D eigenvalue weighted by Crippen LogP contribution is -2.31. The summed E-state index contributed by atoms with van der Waals surface area (Å²) < 4.78 is 5.10. The minimum absolute atomic E-state index is 0.149. The molecule has 0 spiro atoms. The fourth-order valence-electron chi connectivity index (χ4n) is 1.97. The first-order chi connectivity index (χ1) is 8.62. The van der Waals surface area contributed by atoms with Gasteiger partial charge in [-0.2, -0.15) is 0 Å². The Morgan fingerprint density at radius 2 is 2.11 bits per heavy atom. The zero-order chi connectivity index (χ0) is 13.5. The monoisotopic (exact) mass is 253 g/mol. The second-order valence-corrected chi connectivity index (χ2v) is 4.44. The number of hydrogen-bond donors (Lipinski definition) is 3. The highest BCUT2D eigenvalue weighted by atomic mass is 16.5. The Morgan fingerprint density at radius 1 is 1.39 bits per heavy atom. The lowest BCUT2D eigenvalue weighted by atomic mass is 10.0. The summed E-state index contributed by atoms with van der Waals surface area (Å²) in [5.74, 6) is 0.632. The molecule has 0 aliphatic carbocycles. The molecular formula is C14H23NO3. The van der Waals surface area contributed by atoms with E-state index >= 15 is 0 Å². The smallest absolute Gasteiger partial charge is 0.160 e. The molecule has 0 bridgehead atoms. The third-order valence-corrected chi connectivity index (χ3v) is 3.16. The van der Waals surface area contributed by atoms with E-state index in [1.807, 2.05) is 12.1 Å². The van der Waals surface area contributed by atoms with Gasteiger partial charge in [0.2, 0.25) is 0 Å². The second kappa shape index (κ2) is 7.24. The van der Waals surface area contributed by atoms with E-state index in [1.165, 1.54) is 7.11 Å². The molecule has 4 heteroatoms. The van der Waals surface area contributed by atoms with Crippen LogP contribution in [0.2, 0.25) is 0 Å². The molecule has 1 aromatic carbocycles. The van der Waals surface area contributed by atoms with Crippen molar-refractivity contribution in [2.75, 3.05) is 13.7 Å². The highest BCUT2D eigenvalue weighted by Crippen LogP contribution is 2.29. The van der Waals surface area contributed by atoms with E-state index < -0.39 is 0 Å². The number of rotatable bonds is 7. The van der Waals surface area contributed by atoms with Gasteiger partial charge in [0, 0.05) is 18.7 Å². The maximum atomic E-state index is 9.55. The quantitative estimate of drug-likeness (QED) is 0.697. The summed E-state index contributed by atoms with van der Waals surface area (Å²) >= 11 is 0. The Morgan fingerprint density at radius 3 is 2.67 bits per heavy atom. The average molecular weight is 253 g/mol. The van der Waals surface area contributed by atoms with E-state index in [1.54, 1.807) is 6.07 Å². The normalized spacial score (nSPS) is 14.2. The van der Waals surface area contributed by atoms with Crippen molar-refractivity contribution in [1.82, 2.24) is 5.32 Å². The van der Waals surface area contributed by atoms with E-state index in [-0.39, 0.29) is 18.4 Å². The summed E-state index contributed by atoms with van der Waals surface area (Å²) in [6, 6.07) is 5.79. The topological polar surface area (TPSA) is 61.7 Å². The van der Waals surface area contributed by atoms with E-state index in [0.717, 1.165) is 18.4 Å². The highest BCUT2D eigenvalue weighted by molar-refractivity contribution is 5.42. The minimum atomic E-state index is 0.149. The number of nitrogens with one attached hydrogen (secondary N) is 1. The third kappa shape index (κ3) is 3.89. The van der Waals surface area contributed by atoms with E-state index in [9.17, 15) is 5.11 Å². The SMILES string of the molecule is CCC(CCO)NC(C)c1ccc(O)c(OC)c1. The van der Waals surface area contributed by atoms with Crippen molar-refractivity contribution in [3.8, 4) is 11.5 Å². The van der Waals surface area contributed by atoms with Crippen molar-refractivity contribution < 1.29 is 14.9 Å². The number of phenols is 1. The van der Waals surface area contributed by atoms with Crippen LogP contribution in [0.5, 0.6) is 11.5 Å². The molecule has 0 aliphatic heterocycles. The van der Waals surface area contributed by atoms with E-state index in [4.69, 9.17) is 9.84 Å². The summed E-state index contributed by atoms with van der Waals surface area (Å²) in [6.45, 7) is 4.35. The number of aliphatic hydroxyl groups excluding tert-OH is 1. The van der Waals surface area contributed by atoms with Gasteiger partial charge in [-0.1, -0.05) is 13.0 Å². The highest BCUT2D eigenvalue weighted by Gasteiger charge is 2.13. The summed E-state index contributed by atoms with van der Waals surface area (Å²) in [4.78, 5) is 0. The molecule has 2 atom stereocenters. The van der Waals surface area contributed by atoms with E-state index in [0.29, 0.717) is 11.8 Å². The van der Waals surface area contributed by atoms with E-state index in [2.05, 4.69) is 19.2 Å². The van der Waals surface area contributed by atoms with Gasteiger partial charge in [-0.15, -0.1) is 0 Å². The van der Waals surface area contributed by atoms with Crippen molar-refractivity contribution in [3.63, 3.8) is 0 Å². The number of phenolic OH excluding ortho intramolecular Hbond substituents is 1. The predicted octanol–water partition coefficient (Wildman–Crippen LogP) is 2.21. The summed E-state index contributed by atoms with van der Waals surface area (Å²) in [7, 11) is 1.54. The lowest BCUT2D eigenvalue weighted by molar-refractivity contribution is 0.257. The molecule has 0 fully saturated rings. The molecule has 18 heavy (non-hydrogen) atoms. The molecule has 0 saturated heterocycles. The summed E-state index contributed by atoms with van der Waals surface area (Å²) in [6.07, 6.45) is 1.72. The van der Waals surface area contributed by atoms with Gasteiger partial charge in [0.1, 0.15) is 0 Å². The largest absolute Gasteiger partial charge is 0.504 e. The Bertz CT molecular complexity index is 368. The summed E-state index contributed by atoms with van der Waals surface area (Å²) in [5, 5.41) is 22.0. The lowest BCUT2D eigenvalue weighted by Gasteiger charge is -2.22.